The molecule has 0 bridgehead atoms. The zero-order valence-corrected chi connectivity index (χ0v) is 16.9. The number of rotatable bonds is 7. The number of likely N-dealkylation sites (N-methyl/N-ethyl adjacent to an activating group) is 1. The topological polar surface area (TPSA) is 92.8 Å². The molecule has 7 nitrogen and oxygen atoms in total. The molecule has 0 aliphatic carbocycles. The third-order valence-electron chi connectivity index (χ3n) is 4.30. The van der Waals surface area contributed by atoms with Crippen molar-refractivity contribution >= 4 is 23.6 Å². The molecule has 0 heterocycles. The number of nitrogens with zero attached hydrogens (tertiary/aromatic N) is 1. The lowest BCUT2D eigenvalue weighted by Crippen LogP contribution is -2.38. The minimum absolute atomic E-state index is 0.0792. The van der Waals surface area contributed by atoms with Crippen LogP contribution in [0.3, 0.4) is 0 Å². The number of esters is 1. The van der Waals surface area contributed by atoms with E-state index in [-0.39, 0.29) is 29.4 Å². The van der Waals surface area contributed by atoms with E-state index in [0.717, 1.165) is 11.1 Å². The van der Waals surface area contributed by atoms with Gasteiger partial charge in [-0.15, -0.1) is 0 Å². The van der Waals surface area contributed by atoms with Crippen LogP contribution in [0.15, 0.2) is 42.5 Å². The van der Waals surface area contributed by atoms with E-state index in [2.05, 4.69) is 5.32 Å². The van der Waals surface area contributed by atoms with E-state index >= 15 is 0 Å². The van der Waals surface area contributed by atoms with Crippen molar-refractivity contribution in [2.24, 2.45) is 0 Å². The molecule has 0 aliphatic heterocycles. The molecule has 0 fully saturated rings. The van der Waals surface area contributed by atoms with Crippen LogP contribution in [0.25, 0.3) is 0 Å². The number of hydrogen-bond acceptors (Lipinski definition) is 5. The molecule has 0 saturated heterocycles. The van der Waals surface area contributed by atoms with Crippen molar-refractivity contribution in [3.05, 3.63) is 70.3 Å². The van der Waals surface area contributed by atoms with Gasteiger partial charge < -0.3 is 15.0 Å². The molecule has 2 amide bonds. The van der Waals surface area contributed by atoms with Crippen LogP contribution in [0.1, 0.15) is 37.4 Å². The normalized spacial score (nSPS) is 10.2. The molecule has 0 aliphatic rings. The van der Waals surface area contributed by atoms with Gasteiger partial charge in [-0.1, -0.05) is 35.9 Å². The number of ketones is 1. The molecule has 2 rings (SSSR count). The van der Waals surface area contributed by atoms with Crippen LogP contribution in [0.5, 0.6) is 0 Å². The zero-order valence-electron chi connectivity index (χ0n) is 16.9. The molecule has 0 unspecified atom stereocenters. The first kappa shape index (κ1) is 21.8. The Kier molecular flexibility index (Phi) is 7.25. The molecular weight excluding hydrogens is 372 g/mol. The Balaban J connectivity index is 2.11. The molecule has 0 saturated carbocycles. The molecule has 0 spiro atoms. The lowest BCUT2D eigenvalue weighted by atomic mass is 9.94. The Morgan fingerprint density at radius 1 is 0.931 bits per heavy atom. The van der Waals surface area contributed by atoms with E-state index in [4.69, 9.17) is 4.74 Å². The highest BCUT2D eigenvalue weighted by Gasteiger charge is 2.21. The van der Waals surface area contributed by atoms with Crippen molar-refractivity contribution in [1.29, 1.82) is 0 Å². The molecule has 1 N–H and O–H groups in total. The van der Waals surface area contributed by atoms with Crippen molar-refractivity contribution < 1.29 is 23.9 Å². The second kappa shape index (κ2) is 9.64. The SMILES string of the molecule is Cc1ccc(C)c(C(=O)c2ccccc2C(=O)OCC(=O)NCC(=O)N(C)C)c1. The second-order valence-electron chi connectivity index (χ2n) is 6.83. The maximum Gasteiger partial charge on any atom is 0.339 e. The summed E-state index contributed by atoms with van der Waals surface area (Å²) in [6, 6.07) is 11.8. The Labute approximate surface area is 169 Å². The molecule has 7 heteroatoms. The smallest absolute Gasteiger partial charge is 0.339 e. The quantitative estimate of drug-likeness (QED) is 0.570. The first-order valence-corrected chi connectivity index (χ1v) is 9.05. The molecule has 0 aromatic heterocycles. The van der Waals surface area contributed by atoms with Gasteiger partial charge in [0.15, 0.2) is 12.4 Å². The largest absolute Gasteiger partial charge is 0.452 e. The van der Waals surface area contributed by atoms with Gasteiger partial charge in [0.2, 0.25) is 5.91 Å². The zero-order chi connectivity index (χ0) is 21.6. The maximum atomic E-state index is 13.0. The van der Waals surface area contributed by atoms with Gasteiger partial charge in [0, 0.05) is 25.2 Å². The third kappa shape index (κ3) is 5.75. The number of carbonyl (C=O) groups excluding carboxylic acids is 4. The van der Waals surface area contributed by atoms with E-state index < -0.39 is 18.5 Å². The summed E-state index contributed by atoms with van der Waals surface area (Å²) in [5, 5.41) is 2.37. The number of benzene rings is 2. The Morgan fingerprint density at radius 2 is 1.59 bits per heavy atom. The second-order valence-corrected chi connectivity index (χ2v) is 6.83. The van der Waals surface area contributed by atoms with E-state index in [1.54, 1.807) is 38.4 Å². The molecule has 2 aromatic rings. The number of amides is 2. The minimum atomic E-state index is -0.784. The average molecular weight is 396 g/mol. The average Bonchev–Trinajstić information content (AvgIpc) is 2.71. The third-order valence-corrected chi connectivity index (χ3v) is 4.30. The van der Waals surface area contributed by atoms with Gasteiger partial charge in [0.25, 0.3) is 5.91 Å². The number of aryl methyl sites for hydroxylation is 2. The summed E-state index contributed by atoms with van der Waals surface area (Å²) >= 11 is 0. The van der Waals surface area contributed by atoms with Gasteiger partial charge in [0.05, 0.1) is 12.1 Å². The maximum absolute atomic E-state index is 13.0. The van der Waals surface area contributed by atoms with Crippen LogP contribution in [-0.4, -0.2) is 55.7 Å². The summed E-state index contributed by atoms with van der Waals surface area (Å²) in [4.78, 5) is 50.1. The van der Waals surface area contributed by atoms with Crippen molar-refractivity contribution in [3.8, 4) is 0 Å². The van der Waals surface area contributed by atoms with Crippen molar-refractivity contribution in [2.45, 2.75) is 13.8 Å². The standard InChI is InChI=1S/C22H24N2O5/c1-14-9-10-15(2)18(11-14)21(27)16-7-5-6-8-17(16)22(28)29-13-19(25)23-12-20(26)24(3)4/h5-11H,12-13H2,1-4H3,(H,23,25). The van der Waals surface area contributed by atoms with Crippen LogP contribution in [-0.2, 0) is 14.3 Å². The van der Waals surface area contributed by atoms with Gasteiger partial charge in [-0.3, -0.25) is 14.4 Å². The fourth-order valence-electron chi connectivity index (χ4n) is 2.58. The van der Waals surface area contributed by atoms with Crippen molar-refractivity contribution in [2.75, 3.05) is 27.2 Å². The summed E-state index contributed by atoms with van der Waals surface area (Å²) in [7, 11) is 3.14. The number of nitrogens with one attached hydrogen (secondary N) is 1. The van der Waals surface area contributed by atoms with Crippen LogP contribution < -0.4 is 5.32 Å². The van der Waals surface area contributed by atoms with Crippen molar-refractivity contribution in [3.63, 3.8) is 0 Å². The Morgan fingerprint density at radius 3 is 2.24 bits per heavy atom. The Bertz CT molecular complexity index is 950. The molecule has 152 valence electrons. The summed E-state index contributed by atoms with van der Waals surface area (Å²) in [5.74, 6) is -1.96. The summed E-state index contributed by atoms with van der Waals surface area (Å²) in [6.07, 6.45) is 0. The summed E-state index contributed by atoms with van der Waals surface area (Å²) < 4.78 is 5.04. The fraction of sp³-hybridized carbons (Fsp3) is 0.273. The van der Waals surface area contributed by atoms with Crippen LogP contribution in [0, 0.1) is 13.8 Å². The van der Waals surface area contributed by atoms with Gasteiger partial charge in [-0.2, -0.15) is 0 Å². The van der Waals surface area contributed by atoms with E-state index in [9.17, 15) is 19.2 Å². The van der Waals surface area contributed by atoms with Gasteiger partial charge >= 0.3 is 5.97 Å². The molecule has 0 radical (unpaired) electrons. The van der Waals surface area contributed by atoms with E-state index in [1.165, 1.54) is 11.0 Å². The van der Waals surface area contributed by atoms with Crippen molar-refractivity contribution in [1.82, 2.24) is 10.2 Å². The van der Waals surface area contributed by atoms with E-state index in [1.807, 2.05) is 26.0 Å². The van der Waals surface area contributed by atoms with Gasteiger partial charge in [-0.05, 0) is 31.5 Å². The number of carbonyl (C=O) groups is 4. The highest BCUT2D eigenvalue weighted by molar-refractivity contribution is 6.15. The Hall–Kier alpha value is -3.48. The lowest BCUT2D eigenvalue weighted by Gasteiger charge is -2.12. The molecule has 0 atom stereocenters. The predicted molar refractivity (Wildman–Crippen MR) is 108 cm³/mol. The van der Waals surface area contributed by atoms with Gasteiger partial charge in [-0.25, -0.2) is 4.79 Å². The first-order chi connectivity index (χ1) is 13.7. The minimum Gasteiger partial charge on any atom is -0.452 e. The van der Waals surface area contributed by atoms with E-state index in [0.29, 0.717) is 5.56 Å². The summed E-state index contributed by atoms with van der Waals surface area (Å²) in [5.41, 5.74) is 2.52. The van der Waals surface area contributed by atoms with Gasteiger partial charge in [0.1, 0.15) is 0 Å². The lowest BCUT2D eigenvalue weighted by molar-refractivity contribution is -0.131. The monoisotopic (exact) mass is 396 g/mol. The molecule has 2 aromatic carbocycles. The first-order valence-electron chi connectivity index (χ1n) is 9.05. The van der Waals surface area contributed by atoms with Crippen LogP contribution in [0.4, 0.5) is 0 Å². The fourth-order valence-corrected chi connectivity index (χ4v) is 2.58. The predicted octanol–water partition coefficient (Wildman–Crippen LogP) is 1.90. The van der Waals surface area contributed by atoms with Crippen LogP contribution >= 0.6 is 0 Å². The number of ether oxygens (including phenoxy) is 1. The molecular formula is C22H24N2O5. The number of hydrogen-bond donors (Lipinski definition) is 1. The highest BCUT2D eigenvalue weighted by Crippen LogP contribution is 2.19. The summed E-state index contributed by atoms with van der Waals surface area (Å²) in [6.45, 7) is 2.97. The highest BCUT2D eigenvalue weighted by atomic mass is 16.5. The van der Waals surface area contributed by atoms with Crippen LogP contribution in [0.2, 0.25) is 0 Å². The molecule has 29 heavy (non-hydrogen) atoms.